The lowest BCUT2D eigenvalue weighted by Gasteiger charge is -2.00. The van der Waals surface area contributed by atoms with E-state index in [0.29, 0.717) is 0 Å². The van der Waals surface area contributed by atoms with E-state index < -0.39 is 0 Å². The van der Waals surface area contributed by atoms with Gasteiger partial charge in [-0.2, -0.15) is 0 Å². The fraction of sp³-hybridized carbons (Fsp3) is 1.00. The highest BCUT2D eigenvalue weighted by Crippen LogP contribution is 2.33. The van der Waals surface area contributed by atoms with E-state index in [4.69, 9.17) is 5.11 Å². The molecule has 1 saturated carbocycles. The van der Waals surface area contributed by atoms with Crippen LogP contribution in [-0.2, 0) is 0 Å². The topological polar surface area (TPSA) is 32.3 Å². The summed E-state index contributed by atoms with van der Waals surface area (Å²) in [5.41, 5.74) is 0. The largest absolute Gasteiger partial charge is 0.395 e. The van der Waals surface area contributed by atoms with Crippen LogP contribution in [0.5, 0.6) is 0 Å². The van der Waals surface area contributed by atoms with Crippen molar-refractivity contribution < 1.29 is 5.11 Å². The lowest BCUT2D eigenvalue weighted by atomic mass is 10.2. The Morgan fingerprint density at radius 3 is 2.70 bits per heavy atom. The number of hydrogen-bond acceptors (Lipinski definition) is 2. The number of aliphatic hydroxyl groups is 1. The van der Waals surface area contributed by atoms with Gasteiger partial charge in [-0.15, -0.1) is 0 Å². The van der Waals surface area contributed by atoms with E-state index in [2.05, 4.69) is 5.32 Å². The molecule has 0 radical (unpaired) electrons. The molecule has 0 aliphatic heterocycles. The normalized spacial score (nSPS) is 17.7. The molecule has 2 heteroatoms. The van der Waals surface area contributed by atoms with Crippen LogP contribution in [0.1, 0.15) is 25.7 Å². The van der Waals surface area contributed by atoms with Gasteiger partial charge in [0.05, 0.1) is 6.61 Å². The quantitative estimate of drug-likeness (QED) is 0.538. The predicted octanol–water partition coefficient (Wildman–Crippen LogP) is 0.758. The highest BCUT2D eigenvalue weighted by molar-refractivity contribution is 4.72. The van der Waals surface area contributed by atoms with Crippen LogP contribution in [-0.4, -0.2) is 24.8 Å². The summed E-state index contributed by atoms with van der Waals surface area (Å²) >= 11 is 0. The Kier molecular flexibility index (Phi) is 3.76. The Labute approximate surface area is 62.6 Å². The highest BCUT2D eigenvalue weighted by Gasteiger charge is 2.19. The maximum atomic E-state index is 8.42. The fourth-order valence-corrected chi connectivity index (χ4v) is 1.13. The molecule has 2 nitrogen and oxygen atoms in total. The Bertz CT molecular complexity index is 81.3. The Balaban J connectivity index is 1.68. The first kappa shape index (κ1) is 8.02. The summed E-state index contributed by atoms with van der Waals surface area (Å²) in [4.78, 5) is 0. The first-order valence-electron chi connectivity index (χ1n) is 4.25. The zero-order valence-corrected chi connectivity index (χ0v) is 6.47. The third-order valence-electron chi connectivity index (χ3n) is 1.95. The van der Waals surface area contributed by atoms with Crippen LogP contribution in [0.3, 0.4) is 0 Å². The molecule has 60 valence electrons. The summed E-state index contributed by atoms with van der Waals surface area (Å²) < 4.78 is 0. The molecule has 1 aliphatic carbocycles. The molecule has 0 amide bonds. The van der Waals surface area contributed by atoms with E-state index in [-0.39, 0.29) is 6.61 Å². The molecule has 0 atom stereocenters. The average Bonchev–Trinajstić information content (AvgIpc) is 2.71. The van der Waals surface area contributed by atoms with Crippen molar-refractivity contribution in [3.63, 3.8) is 0 Å². The Hall–Kier alpha value is -0.0800. The third kappa shape index (κ3) is 3.85. The molecular formula is C8H17NO. The molecule has 2 N–H and O–H groups in total. The molecule has 0 heterocycles. The van der Waals surface area contributed by atoms with Crippen molar-refractivity contribution in [2.24, 2.45) is 5.92 Å². The highest BCUT2D eigenvalue weighted by atomic mass is 16.3. The van der Waals surface area contributed by atoms with Crippen LogP contribution in [0.2, 0.25) is 0 Å². The van der Waals surface area contributed by atoms with E-state index in [0.717, 1.165) is 19.0 Å². The Morgan fingerprint density at radius 1 is 1.30 bits per heavy atom. The molecule has 1 fully saturated rings. The first-order valence-corrected chi connectivity index (χ1v) is 4.25. The summed E-state index contributed by atoms with van der Waals surface area (Å²) in [7, 11) is 0. The standard InChI is InChI=1S/C8H17NO/c10-7-6-9-5-1-2-8-3-4-8/h8-10H,1-7H2. The average molecular weight is 143 g/mol. The van der Waals surface area contributed by atoms with Gasteiger partial charge in [-0.25, -0.2) is 0 Å². The summed E-state index contributed by atoms with van der Waals surface area (Å²) in [6.07, 6.45) is 5.59. The van der Waals surface area contributed by atoms with Crippen molar-refractivity contribution >= 4 is 0 Å². The molecule has 1 aliphatic rings. The molecule has 0 unspecified atom stereocenters. The van der Waals surface area contributed by atoms with E-state index in [9.17, 15) is 0 Å². The van der Waals surface area contributed by atoms with Gasteiger partial charge in [0.1, 0.15) is 0 Å². The maximum Gasteiger partial charge on any atom is 0.0555 e. The van der Waals surface area contributed by atoms with Gasteiger partial charge in [0, 0.05) is 6.54 Å². The van der Waals surface area contributed by atoms with Crippen molar-refractivity contribution in [2.45, 2.75) is 25.7 Å². The molecule has 0 aromatic rings. The first-order chi connectivity index (χ1) is 4.93. The summed E-state index contributed by atoms with van der Waals surface area (Å²) in [5, 5.41) is 11.6. The molecule has 0 aromatic carbocycles. The lowest BCUT2D eigenvalue weighted by molar-refractivity contribution is 0.292. The monoisotopic (exact) mass is 143 g/mol. The van der Waals surface area contributed by atoms with Crippen LogP contribution in [0.25, 0.3) is 0 Å². The van der Waals surface area contributed by atoms with E-state index >= 15 is 0 Å². The van der Waals surface area contributed by atoms with Gasteiger partial charge in [-0.05, 0) is 25.3 Å². The lowest BCUT2D eigenvalue weighted by Crippen LogP contribution is -2.19. The number of nitrogens with one attached hydrogen (secondary N) is 1. The van der Waals surface area contributed by atoms with Crippen LogP contribution < -0.4 is 5.32 Å². The second-order valence-corrected chi connectivity index (χ2v) is 3.06. The molecule has 0 bridgehead atoms. The van der Waals surface area contributed by atoms with Gasteiger partial charge in [0.2, 0.25) is 0 Å². The van der Waals surface area contributed by atoms with Crippen molar-refractivity contribution in [2.75, 3.05) is 19.7 Å². The van der Waals surface area contributed by atoms with Crippen LogP contribution in [0.15, 0.2) is 0 Å². The zero-order valence-electron chi connectivity index (χ0n) is 6.47. The third-order valence-corrected chi connectivity index (χ3v) is 1.95. The minimum absolute atomic E-state index is 0.267. The van der Waals surface area contributed by atoms with Gasteiger partial charge in [0.25, 0.3) is 0 Å². The van der Waals surface area contributed by atoms with Crippen LogP contribution in [0, 0.1) is 5.92 Å². The molecule has 0 saturated heterocycles. The van der Waals surface area contributed by atoms with Gasteiger partial charge < -0.3 is 10.4 Å². The van der Waals surface area contributed by atoms with Crippen LogP contribution >= 0.6 is 0 Å². The van der Waals surface area contributed by atoms with Crippen molar-refractivity contribution in [1.29, 1.82) is 0 Å². The summed E-state index contributed by atoms with van der Waals surface area (Å²) in [5.74, 6) is 1.05. The van der Waals surface area contributed by atoms with Gasteiger partial charge in [0.15, 0.2) is 0 Å². The second-order valence-electron chi connectivity index (χ2n) is 3.06. The van der Waals surface area contributed by atoms with E-state index in [1.807, 2.05) is 0 Å². The molecule has 0 spiro atoms. The molecule has 0 aromatic heterocycles. The number of rotatable bonds is 6. The zero-order chi connectivity index (χ0) is 7.23. The number of aliphatic hydroxyl groups excluding tert-OH is 1. The van der Waals surface area contributed by atoms with Crippen LogP contribution in [0.4, 0.5) is 0 Å². The molecule has 1 rings (SSSR count). The van der Waals surface area contributed by atoms with Crippen molar-refractivity contribution in [3.8, 4) is 0 Å². The fourth-order valence-electron chi connectivity index (χ4n) is 1.13. The van der Waals surface area contributed by atoms with E-state index in [1.54, 1.807) is 0 Å². The Morgan fingerprint density at radius 2 is 2.10 bits per heavy atom. The maximum absolute atomic E-state index is 8.42. The molecular weight excluding hydrogens is 126 g/mol. The minimum atomic E-state index is 0.267. The summed E-state index contributed by atoms with van der Waals surface area (Å²) in [6.45, 7) is 2.10. The van der Waals surface area contributed by atoms with Gasteiger partial charge in [-0.3, -0.25) is 0 Å². The van der Waals surface area contributed by atoms with Gasteiger partial charge >= 0.3 is 0 Å². The minimum Gasteiger partial charge on any atom is -0.395 e. The van der Waals surface area contributed by atoms with Gasteiger partial charge in [-0.1, -0.05) is 12.8 Å². The molecule has 10 heavy (non-hydrogen) atoms. The number of hydrogen-bond donors (Lipinski definition) is 2. The van der Waals surface area contributed by atoms with E-state index in [1.165, 1.54) is 25.7 Å². The second kappa shape index (κ2) is 4.69. The smallest absolute Gasteiger partial charge is 0.0555 e. The van der Waals surface area contributed by atoms with Crippen molar-refractivity contribution in [3.05, 3.63) is 0 Å². The SMILES string of the molecule is OCCNCCCC1CC1. The predicted molar refractivity (Wildman–Crippen MR) is 41.9 cm³/mol. The van der Waals surface area contributed by atoms with Crippen molar-refractivity contribution in [1.82, 2.24) is 5.32 Å². The summed E-state index contributed by atoms with van der Waals surface area (Å²) in [6, 6.07) is 0.